The summed E-state index contributed by atoms with van der Waals surface area (Å²) >= 11 is 0. The number of hydrogen-bond donors (Lipinski definition) is 1. The van der Waals surface area contributed by atoms with Gasteiger partial charge in [-0.25, -0.2) is 0 Å². The van der Waals surface area contributed by atoms with Gasteiger partial charge in [0.15, 0.2) is 0 Å². The van der Waals surface area contributed by atoms with E-state index in [2.05, 4.69) is 4.90 Å². The van der Waals surface area contributed by atoms with Crippen molar-refractivity contribution in [1.29, 1.82) is 0 Å². The topological polar surface area (TPSA) is 40.5 Å². The molecule has 1 atom stereocenters. The highest BCUT2D eigenvalue weighted by atomic mass is 32.2. The summed E-state index contributed by atoms with van der Waals surface area (Å²) in [4.78, 5) is 2.96. The van der Waals surface area contributed by atoms with Gasteiger partial charge in [0.25, 0.3) is 0 Å². The van der Waals surface area contributed by atoms with E-state index >= 15 is 0 Å². The molecule has 2 rings (SSSR count). The molecule has 0 aliphatic rings. The van der Waals surface area contributed by atoms with Crippen LogP contribution in [-0.2, 0) is 17.3 Å². The molecule has 0 heterocycles. The van der Waals surface area contributed by atoms with E-state index in [-0.39, 0.29) is 6.61 Å². The van der Waals surface area contributed by atoms with Gasteiger partial charge in [-0.05, 0) is 29.8 Å². The van der Waals surface area contributed by atoms with Gasteiger partial charge in [-0.15, -0.1) is 0 Å². The van der Waals surface area contributed by atoms with Crippen LogP contribution in [0.15, 0.2) is 59.5 Å². The van der Waals surface area contributed by atoms with Crippen molar-refractivity contribution in [3.63, 3.8) is 0 Å². The van der Waals surface area contributed by atoms with Gasteiger partial charge in [0, 0.05) is 40.7 Å². The van der Waals surface area contributed by atoms with E-state index in [1.807, 2.05) is 54.6 Å². The lowest BCUT2D eigenvalue weighted by atomic mass is 10.2. The zero-order valence-electron chi connectivity index (χ0n) is 11.5. The number of hydrogen-bond acceptors (Lipinski definition) is 3. The van der Waals surface area contributed by atoms with Crippen molar-refractivity contribution in [1.82, 2.24) is 0 Å². The third-order valence-electron chi connectivity index (χ3n) is 3.12. The van der Waals surface area contributed by atoms with Crippen molar-refractivity contribution in [2.24, 2.45) is 0 Å². The van der Waals surface area contributed by atoms with Gasteiger partial charge in [-0.3, -0.25) is 4.21 Å². The summed E-state index contributed by atoms with van der Waals surface area (Å²) in [7, 11) is -0.943. The minimum atomic E-state index is -0.943. The van der Waals surface area contributed by atoms with E-state index in [1.54, 1.807) is 6.26 Å². The highest BCUT2D eigenvalue weighted by Gasteiger charge is 2.07. The second kappa shape index (κ2) is 7.22. The first-order valence-corrected chi connectivity index (χ1v) is 8.10. The number of benzene rings is 2. The van der Waals surface area contributed by atoms with Gasteiger partial charge in [0.2, 0.25) is 0 Å². The molecule has 0 radical (unpaired) electrons. The summed E-state index contributed by atoms with van der Waals surface area (Å²) in [5.74, 6) is 0. The number of para-hydroxylation sites is 1. The zero-order chi connectivity index (χ0) is 14.4. The number of rotatable bonds is 6. The maximum Gasteiger partial charge on any atom is 0.0606 e. The SMILES string of the molecule is C[S@](=O)c1ccc(CN(CCO)c2ccccc2)cc1. The monoisotopic (exact) mass is 289 g/mol. The van der Waals surface area contributed by atoms with Crippen LogP contribution >= 0.6 is 0 Å². The van der Waals surface area contributed by atoms with E-state index in [4.69, 9.17) is 0 Å². The van der Waals surface area contributed by atoms with Crippen LogP contribution in [0.1, 0.15) is 5.56 Å². The first-order valence-electron chi connectivity index (χ1n) is 6.54. The Morgan fingerprint density at radius 3 is 2.25 bits per heavy atom. The summed E-state index contributed by atoms with van der Waals surface area (Å²) in [6, 6.07) is 17.8. The number of nitrogens with zero attached hydrogens (tertiary/aromatic N) is 1. The maximum atomic E-state index is 11.4. The van der Waals surface area contributed by atoms with Gasteiger partial charge in [-0.2, -0.15) is 0 Å². The molecule has 0 saturated carbocycles. The average molecular weight is 289 g/mol. The molecule has 1 N–H and O–H groups in total. The first-order chi connectivity index (χ1) is 9.70. The Hall–Kier alpha value is -1.65. The van der Waals surface area contributed by atoms with E-state index < -0.39 is 10.8 Å². The highest BCUT2D eigenvalue weighted by Crippen LogP contribution is 2.17. The van der Waals surface area contributed by atoms with Gasteiger partial charge in [0.1, 0.15) is 0 Å². The van der Waals surface area contributed by atoms with Crippen molar-refractivity contribution in [2.75, 3.05) is 24.3 Å². The van der Waals surface area contributed by atoms with Crippen molar-refractivity contribution >= 4 is 16.5 Å². The Balaban J connectivity index is 2.14. The summed E-state index contributed by atoms with van der Waals surface area (Å²) in [5.41, 5.74) is 2.22. The molecule has 0 aliphatic carbocycles. The van der Waals surface area contributed by atoms with Crippen molar-refractivity contribution < 1.29 is 9.32 Å². The van der Waals surface area contributed by atoms with Crippen molar-refractivity contribution in [2.45, 2.75) is 11.4 Å². The molecule has 2 aromatic rings. The second-order valence-corrected chi connectivity index (χ2v) is 5.96. The highest BCUT2D eigenvalue weighted by molar-refractivity contribution is 7.84. The summed E-state index contributed by atoms with van der Waals surface area (Å²) in [5, 5.41) is 9.21. The van der Waals surface area contributed by atoms with Gasteiger partial charge >= 0.3 is 0 Å². The van der Waals surface area contributed by atoms with Crippen LogP contribution in [0.4, 0.5) is 5.69 Å². The third kappa shape index (κ3) is 3.92. The average Bonchev–Trinajstić information content (AvgIpc) is 2.48. The predicted molar refractivity (Wildman–Crippen MR) is 83.4 cm³/mol. The molecule has 2 aromatic carbocycles. The molecular formula is C16H19NO2S. The van der Waals surface area contributed by atoms with Crippen LogP contribution in [0, 0.1) is 0 Å². The molecule has 3 nitrogen and oxygen atoms in total. The number of anilines is 1. The molecule has 0 fully saturated rings. The van der Waals surface area contributed by atoms with Crippen LogP contribution < -0.4 is 4.90 Å². The second-order valence-electron chi connectivity index (χ2n) is 4.58. The Labute approximate surface area is 122 Å². The van der Waals surface area contributed by atoms with Gasteiger partial charge in [0.05, 0.1) is 6.61 Å². The first kappa shape index (κ1) is 14.8. The lowest BCUT2D eigenvalue weighted by Crippen LogP contribution is -2.25. The smallest absolute Gasteiger partial charge is 0.0606 e. The van der Waals surface area contributed by atoms with Crippen LogP contribution in [0.25, 0.3) is 0 Å². The fourth-order valence-corrected chi connectivity index (χ4v) is 2.59. The molecule has 0 spiro atoms. The zero-order valence-corrected chi connectivity index (χ0v) is 12.3. The number of aliphatic hydroxyl groups excluding tert-OH is 1. The predicted octanol–water partition coefficient (Wildman–Crippen LogP) is 2.42. The molecule has 0 aromatic heterocycles. The Morgan fingerprint density at radius 2 is 1.70 bits per heavy atom. The summed E-state index contributed by atoms with van der Waals surface area (Å²) < 4.78 is 11.4. The standard InChI is InChI=1S/C16H19NO2S/c1-20(19)16-9-7-14(8-10-16)13-17(11-12-18)15-5-3-2-4-6-15/h2-10,18H,11-13H2,1H3/t20-/m0/s1. The quantitative estimate of drug-likeness (QED) is 0.888. The molecule has 106 valence electrons. The Kier molecular flexibility index (Phi) is 5.32. The molecule has 0 aliphatic heterocycles. The largest absolute Gasteiger partial charge is 0.395 e. The Morgan fingerprint density at radius 1 is 1.05 bits per heavy atom. The molecular weight excluding hydrogens is 270 g/mol. The van der Waals surface area contributed by atoms with Crippen LogP contribution in [0.3, 0.4) is 0 Å². The molecule has 4 heteroatoms. The van der Waals surface area contributed by atoms with Crippen molar-refractivity contribution in [3.8, 4) is 0 Å². The lowest BCUT2D eigenvalue weighted by Gasteiger charge is -2.24. The fourth-order valence-electron chi connectivity index (χ4n) is 2.07. The summed E-state index contributed by atoms with van der Waals surface area (Å²) in [6.07, 6.45) is 1.68. The van der Waals surface area contributed by atoms with E-state index in [0.29, 0.717) is 6.54 Å². The van der Waals surface area contributed by atoms with E-state index in [1.165, 1.54) is 0 Å². The van der Waals surface area contributed by atoms with E-state index in [0.717, 1.165) is 22.7 Å². The molecule has 0 unspecified atom stereocenters. The number of aliphatic hydroxyl groups is 1. The van der Waals surface area contributed by atoms with Gasteiger partial charge < -0.3 is 10.0 Å². The molecule has 20 heavy (non-hydrogen) atoms. The minimum absolute atomic E-state index is 0.117. The third-order valence-corrected chi connectivity index (χ3v) is 4.06. The normalized spacial score (nSPS) is 12.1. The molecule has 0 amide bonds. The van der Waals surface area contributed by atoms with Crippen LogP contribution in [0.2, 0.25) is 0 Å². The van der Waals surface area contributed by atoms with Crippen LogP contribution in [0.5, 0.6) is 0 Å². The molecule has 0 saturated heterocycles. The Bertz CT molecular complexity index is 554. The fraction of sp³-hybridized carbons (Fsp3) is 0.250. The van der Waals surface area contributed by atoms with Crippen LogP contribution in [-0.4, -0.2) is 28.7 Å². The van der Waals surface area contributed by atoms with Crippen molar-refractivity contribution in [3.05, 3.63) is 60.2 Å². The summed E-state index contributed by atoms with van der Waals surface area (Å²) in [6.45, 7) is 1.43. The molecule has 0 bridgehead atoms. The van der Waals surface area contributed by atoms with Gasteiger partial charge in [-0.1, -0.05) is 30.3 Å². The lowest BCUT2D eigenvalue weighted by molar-refractivity contribution is 0.301. The van der Waals surface area contributed by atoms with E-state index in [9.17, 15) is 9.32 Å². The minimum Gasteiger partial charge on any atom is -0.395 e. The maximum absolute atomic E-state index is 11.4.